The van der Waals surface area contributed by atoms with E-state index in [0.29, 0.717) is 18.5 Å². The maximum Gasteiger partial charge on any atom is 0.0631 e. The van der Waals surface area contributed by atoms with Gasteiger partial charge in [0.2, 0.25) is 0 Å². The molecule has 4 heteroatoms. The molecule has 1 aromatic carbocycles. The average Bonchev–Trinajstić information content (AvgIpc) is 2.92. The van der Waals surface area contributed by atoms with E-state index in [1.807, 2.05) is 10.7 Å². The Morgan fingerprint density at radius 3 is 2.80 bits per heavy atom. The van der Waals surface area contributed by atoms with Gasteiger partial charge in [0, 0.05) is 22.6 Å². The van der Waals surface area contributed by atoms with Crippen LogP contribution in [0.1, 0.15) is 43.5 Å². The first-order chi connectivity index (χ1) is 9.63. The fourth-order valence-corrected chi connectivity index (χ4v) is 2.69. The first kappa shape index (κ1) is 15.3. The van der Waals surface area contributed by atoms with Crippen molar-refractivity contribution in [2.24, 2.45) is 5.73 Å². The topological polar surface area (TPSA) is 43.8 Å². The van der Waals surface area contributed by atoms with Crippen LogP contribution in [0.3, 0.4) is 0 Å². The van der Waals surface area contributed by atoms with Crippen molar-refractivity contribution >= 4 is 15.9 Å². The van der Waals surface area contributed by atoms with Crippen molar-refractivity contribution in [2.75, 3.05) is 6.54 Å². The van der Waals surface area contributed by atoms with Gasteiger partial charge in [-0.25, -0.2) is 0 Å². The standard InChI is InChI=1S/C16H22BrN3/c1-3-12(2)20-8-7-16(19-20)10-14(11-18)13-5-4-6-15(17)9-13/h4-9,12,14H,3,10-11,18H2,1-2H3. The van der Waals surface area contributed by atoms with Crippen LogP contribution in [0.4, 0.5) is 0 Å². The molecular formula is C16H22BrN3. The Kier molecular flexibility index (Phi) is 5.38. The minimum absolute atomic E-state index is 0.313. The molecule has 108 valence electrons. The average molecular weight is 336 g/mol. The van der Waals surface area contributed by atoms with E-state index in [-0.39, 0.29) is 0 Å². The van der Waals surface area contributed by atoms with Crippen LogP contribution in [0.2, 0.25) is 0 Å². The van der Waals surface area contributed by atoms with E-state index in [0.717, 1.165) is 23.0 Å². The Bertz CT molecular complexity index is 550. The summed E-state index contributed by atoms with van der Waals surface area (Å²) < 4.78 is 3.14. The van der Waals surface area contributed by atoms with Gasteiger partial charge < -0.3 is 5.73 Å². The fraction of sp³-hybridized carbons (Fsp3) is 0.438. The molecule has 0 saturated carbocycles. The zero-order chi connectivity index (χ0) is 14.5. The first-order valence-electron chi connectivity index (χ1n) is 7.13. The SMILES string of the molecule is CCC(C)n1ccc(CC(CN)c2cccc(Br)c2)n1. The lowest BCUT2D eigenvalue weighted by Gasteiger charge is -2.14. The lowest BCUT2D eigenvalue weighted by atomic mass is 9.94. The highest BCUT2D eigenvalue weighted by molar-refractivity contribution is 9.10. The fourth-order valence-electron chi connectivity index (χ4n) is 2.27. The predicted molar refractivity (Wildman–Crippen MR) is 86.9 cm³/mol. The number of hydrogen-bond donors (Lipinski definition) is 1. The van der Waals surface area contributed by atoms with Crippen LogP contribution in [-0.2, 0) is 6.42 Å². The van der Waals surface area contributed by atoms with Gasteiger partial charge in [0.25, 0.3) is 0 Å². The summed E-state index contributed by atoms with van der Waals surface area (Å²) in [6, 6.07) is 10.9. The Morgan fingerprint density at radius 1 is 1.35 bits per heavy atom. The molecule has 2 unspecified atom stereocenters. The van der Waals surface area contributed by atoms with Crippen LogP contribution in [0.15, 0.2) is 41.0 Å². The lowest BCUT2D eigenvalue weighted by molar-refractivity contribution is 0.471. The molecule has 0 radical (unpaired) electrons. The summed E-state index contributed by atoms with van der Waals surface area (Å²) >= 11 is 3.52. The molecule has 20 heavy (non-hydrogen) atoms. The molecule has 2 rings (SSSR count). The van der Waals surface area contributed by atoms with E-state index < -0.39 is 0 Å². The van der Waals surface area contributed by atoms with E-state index in [1.165, 1.54) is 5.56 Å². The summed E-state index contributed by atoms with van der Waals surface area (Å²) in [6.45, 7) is 4.99. The summed E-state index contributed by atoms with van der Waals surface area (Å²) in [5.41, 5.74) is 8.32. The van der Waals surface area contributed by atoms with Gasteiger partial charge in [-0.05, 0) is 50.1 Å². The molecule has 0 aliphatic carbocycles. The molecule has 0 aliphatic heterocycles. The van der Waals surface area contributed by atoms with Crippen LogP contribution in [0, 0.1) is 0 Å². The van der Waals surface area contributed by atoms with E-state index >= 15 is 0 Å². The second-order valence-electron chi connectivity index (χ2n) is 5.24. The molecule has 0 aliphatic rings. The van der Waals surface area contributed by atoms with Crippen molar-refractivity contribution < 1.29 is 0 Å². The Hall–Kier alpha value is -1.13. The summed E-state index contributed by atoms with van der Waals surface area (Å²) in [5.74, 6) is 0.313. The highest BCUT2D eigenvalue weighted by Gasteiger charge is 2.13. The second kappa shape index (κ2) is 7.04. The molecule has 2 N–H and O–H groups in total. The number of aromatic nitrogens is 2. The largest absolute Gasteiger partial charge is 0.330 e. The molecule has 0 fully saturated rings. The van der Waals surface area contributed by atoms with Gasteiger partial charge in [-0.3, -0.25) is 4.68 Å². The predicted octanol–water partition coefficient (Wildman–Crippen LogP) is 3.90. The molecule has 2 atom stereocenters. The van der Waals surface area contributed by atoms with Crippen LogP contribution in [-0.4, -0.2) is 16.3 Å². The Balaban J connectivity index is 2.12. The van der Waals surface area contributed by atoms with Crippen LogP contribution in [0.25, 0.3) is 0 Å². The van der Waals surface area contributed by atoms with Gasteiger partial charge in [-0.1, -0.05) is 35.0 Å². The summed E-state index contributed by atoms with van der Waals surface area (Å²) in [6.07, 6.45) is 4.04. The summed E-state index contributed by atoms with van der Waals surface area (Å²) in [5, 5.41) is 4.67. The van der Waals surface area contributed by atoms with Gasteiger partial charge in [-0.15, -0.1) is 0 Å². The number of nitrogens with two attached hydrogens (primary N) is 1. The lowest BCUT2D eigenvalue weighted by Crippen LogP contribution is -2.15. The summed E-state index contributed by atoms with van der Waals surface area (Å²) in [4.78, 5) is 0. The number of nitrogens with zero attached hydrogens (tertiary/aromatic N) is 2. The van der Waals surface area contributed by atoms with E-state index in [2.05, 4.69) is 65.3 Å². The number of hydrogen-bond acceptors (Lipinski definition) is 2. The minimum atomic E-state index is 0.313. The van der Waals surface area contributed by atoms with Crippen LogP contribution < -0.4 is 5.73 Å². The molecule has 1 aromatic heterocycles. The van der Waals surface area contributed by atoms with E-state index in [4.69, 9.17) is 5.73 Å². The first-order valence-corrected chi connectivity index (χ1v) is 7.93. The monoisotopic (exact) mass is 335 g/mol. The van der Waals surface area contributed by atoms with Crippen molar-refractivity contribution in [1.82, 2.24) is 9.78 Å². The third kappa shape index (κ3) is 3.70. The molecular weight excluding hydrogens is 314 g/mol. The third-order valence-electron chi connectivity index (χ3n) is 3.77. The Morgan fingerprint density at radius 2 is 2.15 bits per heavy atom. The van der Waals surface area contributed by atoms with Crippen molar-refractivity contribution in [1.29, 1.82) is 0 Å². The maximum absolute atomic E-state index is 5.95. The summed E-state index contributed by atoms with van der Waals surface area (Å²) in [7, 11) is 0. The molecule has 2 aromatic rings. The van der Waals surface area contributed by atoms with Crippen molar-refractivity contribution in [3.63, 3.8) is 0 Å². The molecule has 0 spiro atoms. The van der Waals surface area contributed by atoms with Gasteiger partial charge in [-0.2, -0.15) is 5.10 Å². The van der Waals surface area contributed by atoms with Crippen molar-refractivity contribution in [3.8, 4) is 0 Å². The maximum atomic E-state index is 5.95. The second-order valence-corrected chi connectivity index (χ2v) is 6.15. The van der Waals surface area contributed by atoms with Crippen LogP contribution >= 0.6 is 15.9 Å². The van der Waals surface area contributed by atoms with Crippen LogP contribution in [0.5, 0.6) is 0 Å². The zero-order valence-electron chi connectivity index (χ0n) is 12.1. The minimum Gasteiger partial charge on any atom is -0.330 e. The van der Waals surface area contributed by atoms with Crippen molar-refractivity contribution in [2.45, 2.75) is 38.6 Å². The number of halogens is 1. The number of benzene rings is 1. The Labute approximate surface area is 129 Å². The normalized spacial score (nSPS) is 14.2. The molecule has 3 nitrogen and oxygen atoms in total. The van der Waals surface area contributed by atoms with Crippen molar-refractivity contribution in [3.05, 3.63) is 52.3 Å². The highest BCUT2D eigenvalue weighted by atomic mass is 79.9. The molecule has 1 heterocycles. The van der Waals surface area contributed by atoms with Gasteiger partial charge in [0.05, 0.1) is 5.69 Å². The highest BCUT2D eigenvalue weighted by Crippen LogP contribution is 2.23. The van der Waals surface area contributed by atoms with Gasteiger partial charge >= 0.3 is 0 Å². The van der Waals surface area contributed by atoms with Gasteiger partial charge in [0.15, 0.2) is 0 Å². The smallest absolute Gasteiger partial charge is 0.0631 e. The molecule has 0 amide bonds. The third-order valence-corrected chi connectivity index (χ3v) is 4.26. The van der Waals surface area contributed by atoms with E-state index in [9.17, 15) is 0 Å². The quantitative estimate of drug-likeness (QED) is 0.869. The molecule has 0 bridgehead atoms. The molecule has 0 saturated heterocycles. The van der Waals surface area contributed by atoms with E-state index in [1.54, 1.807) is 0 Å². The zero-order valence-corrected chi connectivity index (χ0v) is 13.7. The van der Waals surface area contributed by atoms with Gasteiger partial charge in [0.1, 0.15) is 0 Å². The number of rotatable bonds is 6.